The van der Waals surface area contributed by atoms with E-state index < -0.39 is 0 Å². The van der Waals surface area contributed by atoms with Crippen LogP contribution in [0.5, 0.6) is 0 Å². The summed E-state index contributed by atoms with van der Waals surface area (Å²) in [5.74, 6) is 1.18. The van der Waals surface area contributed by atoms with E-state index in [1.807, 2.05) is 13.0 Å². The maximum absolute atomic E-state index is 5.53. The molecule has 0 atom stereocenters. The lowest BCUT2D eigenvalue weighted by atomic mass is 10.2. The minimum Gasteiger partial charge on any atom is -0.443 e. The molecule has 0 aliphatic rings. The average Bonchev–Trinajstić information content (AvgIpc) is 2.99. The van der Waals surface area contributed by atoms with Crippen LogP contribution >= 0.6 is 11.3 Å². The van der Waals surface area contributed by atoms with E-state index in [-0.39, 0.29) is 0 Å². The molecule has 0 amide bonds. The van der Waals surface area contributed by atoms with Gasteiger partial charge in [0.1, 0.15) is 5.82 Å². The number of nitrogens with two attached hydrogens (primary N) is 1. The minimum atomic E-state index is 0.419. The van der Waals surface area contributed by atoms with E-state index in [9.17, 15) is 0 Å². The zero-order valence-electron chi connectivity index (χ0n) is 9.62. The van der Waals surface area contributed by atoms with Gasteiger partial charge in [-0.1, -0.05) is 0 Å². The summed E-state index contributed by atoms with van der Waals surface area (Å²) < 4.78 is 5.29. The number of thiophene rings is 1. The van der Waals surface area contributed by atoms with Crippen LogP contribution in [-0.2, 0) is 0 Å². The first kappa shape index (κ1) is 10.9. The Kier molecular flexibility index (Phi) is 2.56. The first-order chi connectivity index (χ1) is 8.74. The monoisotopic (exact) mass is 258 g/mol. The number of aromatic nitrogens is 3. The molecule has 18 heavy (non-hydrogen) atoms. The second-order valence-electron chi connectivity index (χ2n) is 3.77. The van der Waals surface area contributed by atoms with Crippen LogP contribution in [0.3, 0.4) is 0 Å². The zero-order chi connectivity index (χ0) is 12.5. The van der Waals surface area contributed by atoms with Crippen molar-refractivity contribution in [1.82, 2.24) is 15.0 Å². The average molecular weight is 258 g/mol. The lowest BCUT2D eigenvalue weighted by Crippen LogP contribution is -1.92. The van der Waals surface area contributed by atoms with Gasteiger partial charge in [-0.05, 0) is 13.0 Å². The standard InChI is InChI=1S/C12H10N4OS/c1-7-8(9-3-16-12(13)5-15-9)2-11(18-7)10-4-14-6-17-10/h2-6H,1H3,(H2,13,16). The van der Waals surface area contributed by atoms with Gasteiger partial charge >= 0.3 is 0 Å². The van der Waals surface area contributed by atoms with Crippen molar-refractivity contribution >= 4 is 17.2 Å². The van der Waals surface area contributed by atoms with Crippen LogP contribution in [0.1, 0.15) is 4.88 Å². The number of hydrogen-bond donors (Lipinski definition) is 1. The molecule has 0 aliphatic carbocycles. The lowest BCUT2D eigenvalue weighted by molar-refractivity contribution is 0.573. The third-order valence-corrected chi connectivity index (χ3v) is 3.61. The van der Waals surface area contributed by atoms with Crippen LogP contribution < -0.4 is 5.73 Å². The summed E-state index contributed by atoms with van der Waals surface area (Å²) in [6, 6.07) is 2.03. The Hall–Kier alpha value is -2.21. The maximum Gasteiger partial charge on any atom is 0.181 e. The Morgan fingerprint density at radius 2 is 2.11 bits per heavy atom. The normalized spacial score (nSPS) is 10.7. The summed E-state index contributed by atoms with van der Waals surface area (Å²) in [6.45, 7) is 2.04. The molecule has 0 spiro atoms. The Morgan fingerprint density at radius 1 is 1.22 bits per heavy atom. The number of oxazole rings is 1. The fourth-order valence-corrected chi connectivity index (χ4v) is 2.65. The summed E-state index contributed by atoms with van der Waals surface area (Å²) in [5, 5.41) is 0. The van der Waals surface area contributed by atoms with Crippen molar-refractivity contribution in [2.24, 2.45) is 0 Å². The fourth-order valence-electron chi connectivity index (χ4n) is 1.67. The molecular weight excluding hydrogens is 248 g/mol. The van der Waals surface area contributed by atoms with Crippen LogP contribution in [0.2, 0.25) is 0 Å². The molecule has 6 heteroatoms. The van der Waals surface area contributed by atoms with Gasteiger partial charge in [-0.3, -0.25) is 4.98 Å². The number of nitrogens with zero attached hydrogens (tertiary/aromatic N) is 3. The predicted molar refractivity (Wildman–Crippen MR) is 70.0 cm³/mol. The van der Waals surface area contributed by atoms with E-state index in [4.69, 9.17) is 10.2 Å². The molecule has 5 nitrogen and oxygen atoms in total. The molecule has 0 saturated carbocycles. The van der Waals surface area contributed by atoms with E-state index in [1.165, 1.54) is 6.39 Å². The van der Waals surface area contributed by atoms with Crippen molar-refractivity contribution < 1.29 is 4.42 Å². The van der Waals surface area contributed by atoms with Crippen LogP contribution in [0, 0.1) is 6.92 Å². The van der Waals surface area contributed by atoms with Crippen molar-refractivity contribution in [3.63, 3.8) is 0 Å². The van der Waals surface area contributed by atoms with Crippen LogP contribution in [0.25, 0.3) is 21.9 Å². The molecule has 0 aliphatic heterocycles. The topological polar surface area (TPSA) is 77.8 Å². The number of rotatable bonds is 2. The highest BCUT2D eigenvalue weighted by molar-refractivity contribution is 7.15. The van der Waals surface area contributed by atoms with Gasteiger partial charge in [0.05, 0.1) is 29.2 Å². The molecule has 3 rings (SSSR count). The van der Waals surface area contributed by atoms with Crippen molar-refractivity contribution in [1.29, 1.82) is 0 Å². The molecule has 0 unspecified atom stereocenters. The first-order valence-electron chi connectivity index (χ1n) is 5.31. The van der Waals surface area contributed by atoms with Crippen molar-refractivity contribution in [2.75, 3.05) is 5.73 Å². The third kappa shape index (κ3) is 1.86. The molecular formula is C12H10N4OS. The van der Waals surface area contributed by atoms with E-state index in [0.29, 0.717) is 5.82 Å². The molecule has 2 N–H and O–H groups in total. The molecule has 0 aromatic carbocycles. The number of aryl methyl sites for hydroxylation is 1. The highest BCUT2D eigenvalue weighted by Crippen LogP contribution is 2.35. The Morgan fingerprint density at radius 3 is 2.78 bits per heavy atom. The smallest absolute Gasteiger partial charge is 0.181 e. The van der Waals surface area contributed by atoms with Crippen molar-refractivity contribution in [3.05, 3.63) is 35.9 Å². The van der Waals surface area contributed by atoms with Gasteiger partial charge < -0.3 is 10.2 Å². The molecule has 0 saturated heterocycles. The van der Waals surface area contributed by atoms with E-state index in [1.54, 1.807) is 29.9 Å². The fraction of sp³-hybridized carbons (Fsp3) is 0.0833. The second-order valence-corrected chi connectivity index (χ2v) is 5.03. The van der Waals surface area contributed by atoms with E-state index in [2.05, 4.69) is 15.0 Å². The first-order valence-corrected chi connectivity index (χ1v) is 6.13. The molecule has 3 heterocycles. The molecule has 0 fully saturated rings. The van der Waals surface area contributed by atoms with Crippen molar-refractivity contribution in [2.45, 2.75) is 6.92 Å². The molecule has 0 bridgehead atoms. The summed E-state index contributed by atoms with van der Waals surface area (Å²) in [7, 11) is 0. The van der Waals surface area contributed by atoms with Gasteiger partial charge in [-0.15, -0.1) is 11.3 Å². The highest BCUT2D eigenvalue weighted by Gasteiger charge is 2.12. The Balaban J connectivity index is 2.06. The maximum atomic E-state index is 5.53. The molecule has 0 radical (unpaired) electrons. The minimum absolute atomic E-state index is 0.419. The van der Waals surface area contributed by atoms with Gasteiger partial charge in [-0.25, -0.2) is 9.97 Å². The van der Waals surface area contributed by atoms with Gasteiger partial charge in [0.25, 0.3) is 0 Å². The zero-order valence-corrected chi connectivity index (χ0v) is 10.4. The lowest BCUT2D eigenvalue weighted by Gasteiger charge is -1.98. The summed E-state index contributed by atoms with van der Waals surface area (Å²) >= 11 is 1.64. The summed E-state index contributed by atoms with van der Waals surface area (Å²) in [5.41, 5.74) is 7.38. The highest BCUT2D eigenvalue weighted by atomic mass is 32.1. The van der Waals surface area contributed by atoms with Gasteiger partial charge in [0.2, 0.25) is 0 Å². The summed E-state index contributed by atoms with van der Waals surface area (Å²) in [6.07, 6.45) is 6.35. The van der Waals surface area contributed by atoms with Gasteiger partial charge in [-0.2, -0.15) is 0 Å². The van der Waals surface area contributed by atoms with Crippen LogP contribution in [-0.4, -0.2) is 15.0 Å². The quantitative estimate of drug-likeness (QED) is 0.764. The number of anilines is 1. The Bertz CT molecular complexity index is 658. The van der Waals surface area contributed by atoms with Crippen LogP contribution in [0.4, 0.5) is 5.82 Å². The van der Waals surface area contributed by atoms with Crippen LogP contribution in [0.15, 0.2) is 35.5 Å². The molecule has 90 valence electrons. The molecule has 3 aromatic rings. The Labute approximate surface area is 107 Å². The summed E-state index contributed by atoms with van der Waals surface area (Å²) in [4.78, 5) is 14.4. The van der Waals surface area contributed by atoms with E-state index in [0.717, 1.165) is 26.8 Å². The van der Waals surface area contributed by atoms with Crippen molar-refractivity contribution in [3.8, 4) is 21.9 Å². The second kappa shape index (κ2) is 4.23. The van der Waals surface area contributed by atoms with Gasteiger partial charge in [0.15, 0.2) is 12.2 Å². The largest absolute Gasteiger partial charge is 0.443 e. The van der Waals surface area contributed by atoms with E-state index >= 15 is 0 Å². The third-order valence-electron chi connectivity index (χ3n) is 2.54. The predicted octanol–water partition coefficient (Wildman–Crippen LogP) is 2.75. The number of nitrogen functional groups attached to an aromatic ring is 1. The molecule has 3 aromatic heterocycles. The number of hydrogen-bond acceptors (Lipinski definition) is 6. The van der Waals surface area contributed by atoms with Gasteiger partial charge in [0, 0.05) is 10.4 Å². The SMILES string of the molecule is Cc1sc(-c2cnco2)cc1-c1cnc(N)cn1.